The molecule has 2 unspecified atom stereocenters. The van der Waals surface area contributed by atoms with Crippen LogP contribution in [0.1, 0.15) is 40.5 Å². The maximum absolute atomic E-state index is 12.3. The molecule has 1 heterocycles. The van der Waals surface area contributed by atoms with Gasteiger partial charge in [0.15, 0.2) is 0 Å². The van der Waals surface area contributed by atoms with E-state index >= 15 is 0 Å². The van der Waals surface area contributed by atoms with Crippen molar-refractivity contribution in [3.8, 4) is 0 Å². The predicted octanol–water partition coefficient (Wildman–Crippen LogP) is 1.63. The quantitative estimate of drug-likeness (QED) is 0.832. The molecule has 1 saturated heterocycles. The van der Waals surface area contributed by atoms with Crippen LogP contribution in [0.3, 0.4) is 0 Å². The number of carbonyl (C=O) groups excluding carboxylic acids is 1. The molecule has 0 aromatic rings. The van der Waals surface area contributed by atoms with Gasteiger partial charge in [0.1, 0.15) is 0 Å². The van der Waals surface area contributed by atoms with Crippen LogP contribution in [0, 0.1) is 11.3 Å². The molecule has 0 bridgehead atoms. The zero-order valence-corrected chi connectivity index (χ0v) is 12.2. The van der Waals surface area contributed by atoms with Crippen molar-refractivity contribution in [1.82, 2.24) is 4.90 Å². The first-order valence-electron chi connectivity index (χ1n) is 6.91. The Bertz CT molecular complexity index is 273. The molecule has 1 aliphatic heterocycles. The van der Waals surface area contributed by atoms with Crippen LogP contribution in [0.15, 0.2) is 0 Å². The summed E-state index contributed by atoms with van der Waals surface area (Å²) in [5.41, 5.74) is 5.97. The first-order chi connectivity index (χ1) is 8.33. The van der Waals surface area contributed by atoms with Gasteiger partial charge in [0, 0.05) is 19.5 Å². The minimum absolute atomic E-state index is 0.0630. The van der Waals surface area contributed by atoms with Gasteiger partial charge < -0.3 is 15.4 Å². The summed E-state index contributed by atoms with van der Waals surface area (Å²) in [6, 6.07) is 0.0630. The topological polar surface area (TPSA) is 55.6 Å². The molecule has 0 saturated carbocycles. The van der Waals surface area contributed by atoms with Crippen LogP contribution in [0.5, 0.6) is 0 Å². The molecule has 0 spiro atoms. The van der Waals surface area contributed by atoms with Gasteiger partial charge in [-0.25, -0.2) is 0 Å². The Balaban J connectivity index is 2.48. The van der Waals surface area contributed by atoms with Crippen molar-refractivity contribution >= 4 is 5.91 Å². The van der Waals surface area contributed by atoms with Crippen molar-refractivity contribution < 1.29 is 9.53 Å². The molecule has 1 aliphatic rings. The van der Waals surface area contributed by atoms with Gasteiger partial charge in [-0.1, -0.05) is 27.7 Å². The average molecular weight is 256 g/mol. The Hall–Kier alpha value is -0.610. The molecule has 1 amide bonds. The molecular weight excluding hydrogens is 228 g/mol. The summed E-state index contributed by atoms with van der Waals surface area (Å²) < 4.78 is 5.37. The number of ether oxygens (including phenoxy) is 1. The zero-order chi connectivity index (χ0) is 13.8. The minimum Gasteiger partial charge on any atom is -0.377 e. The summed E-state index contributed by atoms with van der Waals surface area (Å²) in [5, 5.41) is 0. The van der Waals surface area contributed by atoms with Gasteiger partial charge >= 0.3 is 0 Å². The molecule has 1 rings (SSSR count). The number of nitrogens with two attached hydrogens (primary N) is 1. The third-order valence-electron chi connectivity index (χ3n) is 3.30. The highest BCUT2D eigenvalue weighted by Gasteiger charge is 2.27. The molecule has 4 nitrogen and oxygen atoms in total. The highest BCUT2D eigenvalue weighted by atomic mass is 16.5. The van der Waals surface area contributed by atoms with Crippen LogP contribution in [0.25, 0.3) is 0 Å². The smallest absolute Gasteiger partial charge is 0.223 e. The normalized spacial score (nSPS) is 22.9. The van der Waals surface area contributed by atoms with Gasteiger partial charge in [-0.3, -0.25) is 4.79 Å². The van der Waals surface area contributed by atoms with E-state index in [4.69, 9.17) is 10.5 Å². The molecule has 1 fully saturated rings. The molecule has 0 aromatic heterocycles. The molecule has 18 heavy (non-hydrogen) atoms. The van der Waals surface area contributed by atoms with Crippen molar-refractivity contribution in [3.05, 3.63) is 0 Å². The first kappa shape index (κ1) is 15.4. The second-order valence-corrected chi connectivity index (χ2v) is 6.63. The second kappa shape index (κ2) is 6.53. The average Bonchev–Trinajstić information content (AvgIpc) is 2.26. The summed E-state index contributed by atoms with van der Waals surface area (Å²) >= 11 is 0. The Labute approximate surface area is 111 Å². The zero-order valence-electron chi connectivity index (χ0n) is 12.2. The standard InChI is InChI=1S/C14H28N2O2/c1-11(8-14(2,3)4)7-13(17)16-5-6-18-10-12(16)9-15/h11-12H,5-10,15H2,1-4H3. The molecule has 106 valence electrons. The number of carbonyl (C=O) groups is 1. The van der Waals surface area contributed by atoms with E-state index in [0.717, 1.165) is 6.42 Å². The lowest BCUT2D eigenvalue weighted by molar-refractivity contribution is -0.140. The van der Waals surface area contributed by atoms with E-state index in [0.29, 0.717) is 38.6 Å². The van der Waals surface area contributed by atoms with Crippen molar-refractivity contribution in [2.45, 2.75) is 46.6 Å². The fraction of sp³-hybridized carbons (Fsp3) is 0.929. The van der Waals surface area contributed by atoms with Crippen LogP contribution in [0.4, 0.5) is 0 Å². The van der Waals surface area contributed by atoms with E-state index in [9.17, 15) is 4.79 Å². The molecule has 0 radical (unpaired) electrons. The van der Waals surface area contributed by atoms with Gasteiger partial charge in [-0.15, -0.1) is 0 Å². The van der Waals surface area contributed by atoms with E-state index in [2.05, 4.69) is 27.7 Å². The van der Waals surface area contributed by atoms with Crippen molar-refractivity contribution in [2.75, 3.05) is 26.3 Å². The van der Waals surface area contributed by atoms with E-state index in [1.54, 1.807) is 0 Å². The third-order valence-corrected chi connectivity index (χ3v) is 3.30. The molecule has 2 N–H and O–H groups in total. The fourth-order valence-corrected chi connectivity index (χ4v) is 2.71. The second-order valence-electron chi connectivity index (χ2n) is 6.63. The van der Waals surface area contributed by atoms with Crippen molar-refractivity contribution in [3.63, 3.8) is 0 Å². The lowest BCUT2D eigenvalue weighted by Crippen LogP contribution is -2.52. The number of hydrogen-bond acceptors (Lipinski definition) is 3. The lowest BCUT2D eigenvalue weighted by atomic mass is 9.84. The van der Waals surface area contributed by atoms with Gasteiger partial charge in [0.2, 0.25) is 5.91 Å². The van der Waals surface area contributed by atoms with Crippen LogP contribution < -0.4 is 5.73 Å². The van der Waals surface area contributed by atoms with Gasteiger partial charge in [-0.2, -0.15) is 0 Å². The maximum Gasteiger partial charge on any atom is 0.223 e. The van der Waals surface area contributed by atoms with E-state index < -0.39 is 0 Å². The minimum atomic E-state index is 0.0630. The molecule has 4 heteroatoms. The first-order valence-corrected chi connectivity index (χ1v) is 6.91. The Morgan fingerprint density at radius 2 is 2.17 bits per heavy atom. The molecule has 0 aromatic carbocycles. The van der Waals surface area contributed by atoms with Gasteiger partial charge in [-0.05, 0) is 17.8 Å². The van der Waals surface area contributed by atoms with Crippen LogP contribution in [-0.4, -0.2) is 43.2 Å². The molecule has 0 aliphatic carbocycles. The largest absolute Gasteiger partial charge is 0.377 e. The monoisotopic (exact) mass is 256 g/mol. The summed E-state index contributed by atoms with van der Waals surface area (Å²) in [7, 11) is 0. The Morgan fingerprint density at radius 1 is 1.50 bits per heavy atom. The maximum atomic E-state index is 12.3. The summed E-state index contributed by atoms with van der Waals surface area (Å²) in [6.07, 6.45) is 1.68. The number of rotatable bonds is 4. The summed E-state index contributed by atoms with van der Waals surface area (Å²) in [4.78, 5) is 14.2. The Kier molecular flexibility index (Phi) is 5.60. The summed E-state index contributed by atoms with van der Waals surface area (Å²) in [5.74, 6) is 0.643. The fourth-order valence-electron chi connectivity index (χ4n) is 2.71. The lowest BCUT2D eigenvalue weighted by Gasteiger charge is -2.36. The Morgan fingerprint density at radius 3 is 2.72 bits per heavy atom. The predicted molar refractivity (Wildman–Crippen MR) is 73.2 cm³/mol. The highest BCUT2D eigenvalue weighted by molar-refractivity contribution is 5.76. The van der Waals surface area contributed by atoms with E-state index in [1.165, 1.54) is 0 Å². The van der Waals surface area contributed by atoms with E-state index in [-0.39, 0.29) is 17.4 Å². The van der Waals surface area contributed by atoms with E-state index in [1.807, 2.05) is 4.90 Å². The van der Waals surface area contributed by atoms with Crippen LogP contribution >= 0.6 is 0 Å². The molecule has 2 atom stereocenters. The molecular formula is C14H28N2O2. The van der Waals surface area contributed by atoms with Gasteiger partial charge in [0.25, 0.3) is 0 Å². The van der Waals surface area contributed by atoms with Crippen molar-refractivity contribution in [1.29, 1.82) is 0 Å². The van der Waals surface area contributed by atoms with Crippen molar-refractivity contribution in [2.24, 2.45) is 17.1 Å². The van der Waals surface area contributed by atoms with Crippen LogP contribution in [0.2, 0.25) is 0 Å². The number of amides is 1. The SMILES string of the molecule is CC(CC(=O)N1CCOCC1CN)CC(C)(C)C. The third kappa shape index (κ3) is 4.94. The number of hydrogen-bond donors (Lipinski definition) is 1. The highest BCUT2D eigenvalue weighted by Crippen LogP contribution is 2.26. The van der Waals surface area contributed by atoms with Crippen LogP contribution in [-0.2, 0) is 9.53 Å². The van der Waals surface area contributed by atoms with Gasteiger partial charge in [0.05, 0.1) is 19.3 Å². The summed E-state index contributed by atoms with van der Waals surface area (Å²) in [6.45, 7) is 11.2. The number of morpholine rings is 1. The number of nitrogens with zero attached hydrogens (tertiary/aromatic N) is 1.